The molecule has 0 spiro atoms. The van der Waals surface area contributed by atoms with Crippen molar-refractivity contribution >= 4 is 23.1 Å². The van der Waals surface area contributed by atoms with Crippen LogP contribution < -0.4 is 15.5 Å². The third kappa shape index (κ3) is 5.37. The molecule has 38 heavy (non-hydrogen) atoms. The topological polar surface area (TPSA) is 88.0 Å². The molecule has 6 rings (SSSR count). The molecule has 2 aromatic carbocycles. The fourth-order valence-corrected chi connectivity index (χ4v) is 4.74. The number of nitrogens with one attached hydrogen (secondary N) is 2. The highest BCUT2D eigenvalue weighted by atomic mass is 19.1. The third-order valence-corrected chi connectivity index (χ3v) is 7.15. The van der Waals surface area contributed by atoms with Gasteiger partial charge in [0.1, 0.15) is 17.3 Å². The van der Waals surface area contributed by atoms with E-state index < -0.39 is 5.82 Å². The van der Waals surface area contributed by atoms with Crippen LogP contribution in [-0.2, 0) is 0 Å². The van der Waals surface area contributed by atoms with Crippen LogP contribution in [0.4, 0.5) is 21.6 Å². The summed E-state index contributed by atoms with van der Waals surface area (Å²) in [6.07, 6.45) is 8.38. The van der Waals surface area contributed by atoms with Gasteiger partial charge in [-0.2, -0.15) is 0 Å². The number of benzene rings is 2. The molecule has 2 fully saturated rings. The fraction of sp³-hybridized carbons (Fsp3) is 0.310. The molecule has 4 aromatic rings. The van der Waals surface area contributed by atoms with Crippen LogP contribution in [0.2, 0.25) is 0 Å². The molecule has 1 aliphatic heterocycles. The van der Waals surface area contributed by atoms with E-state index in [1.165, 1.54) is 25.0 Å². The maximum atomic E-state index is 14.3. The molecule has 1 saturated carbocycles. The molecule has 3 heterocycles. The molecular weight excluding hydrogens is 481 g/mol. The van der Waals surface area contributed by atoms with Gasteiger partial charge in [0.2, 0.25) is 0 Å². The summed E-state index contributed by atoms with van der Waals surface area (Å²) < 4.78 is 16.0. The molecule has 8 nitrogen and oxygen atoms in total. The van der Waals surface area contributed by atoms with Crippen LogP contribution in [0.25, 0.3) is 16.9 Å². The highest BCUT2D eigenvalue weighted by molar-refractivity contribution is 6.05. The predicted octanol–water partition coefficient (Wildman–Crippen LogP) is 5.45. The van der Waals surface area contributed by atoms with Crippen molar-refractivity contribution in [3.8, 4) is 16.9 Å². The van der Waals surface area contributed by atoms with Gasteiger partial charge >= 0.3 is 0 Å². The number of carbonyl (C=O) groups is 1. The number of hydrogen-bond donors (Lipinski definition) is 2. The number of pyridine rings is 1. The first-order chi connectivity index (χ1) is 18.5. The van der Waals surface area contributed by atoms with Gasteiger partial charge in [0, 0.05) is 48.3 Å². The number of aryl methyl sites for hydroxylation is 1. The molecule has 2 aromatic heterocycles. The number of carbonyl (C=O) groups excluding carboxylic acids is 1. The quantitative estimate of drug-likeness (QED) is 0.327. The van der Waals surface area contributed by atoms with Crippen molar-refractivity contribution < 1.29 is 9.18 Å². The summed E-state index contributed by atoms with van der Waals surface area (Å²) in [5.41, 5.74) is 4.96. The van der Waals surface area contributed by atoms with Crippen LogP contribution in [0.1, 0.15) is 41.6 Å². The monoisotopic (exact) mass is 511 g/mol. The van der Waals surface area contributed by atoms with Crippen LogP contribution in [-0.4, -0.2) is 45.5 Å². The molecule has 2 aliphatic rings. The molecule has 194 valence electrons. The second-order valence-corrected chi connectivity index (χ2v) is 10.2. The Morgan fingerprint density at radius 2 is 1.92 bits per heavy atom. The van der Waals surface area contributed by atoms with Crippen molar-refractivity contribution in [2.75, 3.05) is 35.2 Å². The summed E-state index contributed by atoms with van der Waals surface area (Å²) in [4.78, 5) is 19.6. The number of rotatable bonds is 8. The predicted molar refractivity (Wildman–Crippen MR) is 146 cm³/mol. The fourth-order valence-electron chi connectivity index (χ4n) is 4.74. The number of aromatic nitrogens is 4. The highest BCUT2D eigenvalue weighted by Crippen LogP contribution is 2.29. The number of anilines is 3. The lowest BCUT2D eigenvalue weighted by molar-refractivity contribution is 0.102. The molecule has 0 radical (unpaired) electrons. The van der Waals surface area contributed by atoms with Gasteiger partial charge in [-0.15, -0.1) is 5.10 Å². The number of hydrogen-bond acceptors (Lipinski definition) is 6. The van der Waals surface area contributed by atoms with E-state index in [2.05, 4.69) is 30.8 Å². The van der Waals surface area contributed by atoms with Crippen molar-refractivity contribution in [2.24, 2.45) is 5.92 Å². The van der Waals surface area contributed by atoms with Crippen molar-refractivity contribution in [3.63, 3.8) is 0 Å². The molecule has 1 aliphatic carbocycles. The number of nitrogens with zero attached hydrogens (tertiary/aromatic N) is 5. The van der Waals surface area contributed by atoms with Crippen molar-refractivity contribution in [3.05, 3.63) is 77.9 Å². The lowest BCUT2D eigenvalue weighted by Crippen LogP contribution is -2.19. The van der Waals surface area contributed by atoms with E-state index in [9.17, 15) is 9.18 Å². The Bertz CT molecular complexity index is 1460. The summed E-state index contributed by atoms with van der Waals surface area (Å²) in [6, 6.07) is 14.0. The summed E-state index contributed by atoms with van der Waals surface area (Å²) in [5.74, 6) is 0.862. The smallest absolute Gasteiger partial charge is 0.255 e. The highest BCUT2D eigenvalue weighted by Gasteiger charge is 2.21. The maximum Gasteiger partial charge on any atom is 0.255 e. The van der Waals surface area contributed by atoms with Crippen LogP contribution in [0.5, 0.6) is 0 Å². The first-order valence-corrected chi connectivity index (χ1v) is 13.1. The van der Waals surface area contributed by atoms with Crippen LogP contribution in [0.3, 0.4) is 0 Å². The molecule has 0 unspecified atom stereocenters. The average Bonchev–Trinajstić information content (AvgIpc) is 3.36. The molecule has 1 saturated heterocycles. The van der Waals surface area contributed by atoms with E-state index in [1.807, 2.05) is 43.5 Å². The SMILES string of the molecule is Cc1ccc(NC(=O)c2cc(F)cc(N3CCCC3)c2)cc1-n1cc(-c2ccc(NCC3CC3)nc2)nn1. The summed E-state index contributed by atoms with van der Waals surface area (Å²) in [7, 11) is 0. The van der Waals surface area contributed by atoms with Crippen molar-refractivity contribution in [1.82, 2.24) is 20.0 Å². The third-order valence-electron chi connectivity index (χ3n) is 7.15. The average molecular weight is 512 g/mol. The Morgan fingerprint density at radius 1 is 1.08 bits per heavy atom. The van der Waals surface area contributed by atoms with E-state index in [1.54, 1.807) is 16.9 Å². The molecule has 0 atom stereocenters. The van der Waals surface area contributed by atoms with Crippen LogP contribution >= 0.6 is 0 Å². The number of amides is 1. The Labute approximate surface area is 220 Å². The van der Waals surface area contributed by atoms with Gasteiger partial charge in [-0.3, -0.25) is 4.79 Å². The Kier molecular flexibility index (Phi) is 6.49. The van der Waals surface area contributed by atoms with E-state index in [0.29, 0.717) is 16.9 Å². The van der Waals surface area contributed by atoms with Gasteiger partial charge in [-0.05, 0) is 86.6 Å². The summed E-state index contributed by atoms with van der Waals surface area (Å²) >= 11 is 0. The summed E-state index contributed by atoms with van der Waals surface area (Å²) in [6.45, 7) is 4.69. The largest absolute Gasteiger partial charge is 0.371 e. The van der Waals surface area contributed by atoms with Gasteiger partial charge in [0.15, 0.2) is 0 Å². The lowest BCUT2D eigenvalue weighted by atomic mass is 10.1. The van der Waals surface area contributed by atoms with Crippen LogP contribution in [0, 0.1) is 18.7 Å². The minimum absolute atomic E-state index is 0.291. The minimum Gasteiger partial charge on any atom is -0.371 e. The minimum atomic E-state index is -0.416. The van der Waals surface area contributed by atoms with Crippen molar-refractivity contribution in [1.29, 1.82) is 0 Å². The zero-order valence-corrected chi connectivity index (χ0v) is 21.3. The Hall–Kier alpha value is -4.27. The molecule has 9 heteroatoms. The van der Waals surface area contributed by atoms with E-state index in [4.69, 9.17) is 0 Å². The molecule has 1 amide bonds. The maximum absolute atomic E-state index is 14.3. The Morgan fingerprint density at radius 3 is 2.68 bits per heavy atom. The van der Waals surface area contributed by atoms with Gasteiger partial charge in [-0.25, -0.2) is 14.1 Å². The Balaban J connectivity index is 1.18. The zero-order chi connectivity index (χ0) is 26.1. The second kappa shape index (κ2) is 10.2. The standard InChI is InChI=1S/C29H30FN7O/c1-19-4-8-24(33-29(38)22-12-23(30)14-25(13-22)36-10-2-3-11-36)15-27(19)37-18-26(34-35-37)21-7-9-28(32-17-21)31-16-20-5-6-20/h4,7-9,12-15,17-18,20H,2-3,5-6,10-11,16H2,1H3,(H,31,32)(H,33,38). The van der Waals surface area contributed by atoms with Gasteiger partial charge < -0.3 is 15.5 Å². The molecular formula is C29H30FN7O. The van der Waals surface area contributed by atoms with Gasteiger partial charge in [0.05, 0.1) is 11.9 Å². The van der Waals surface area contributed by atoms with Crippen molar-refractivity contribution in [2.45, 2.75) is 32.6 Å². The van der Waals surface area contributed by atoms with E-state index in [0.717, 1.165) is 66.7 Å². The molecule has 0 bridgehead atoms. The van der Waals surface area contributed by atoms with Gasteiger partial charge in [-0.1, -0.05) is 11.3 Å². The first kappa shape index (κ1) is 24.1. The molecule has 2 N–H and O–H groups in total. The van der Waals surface area contributed by atoms with Crippen LogP contribution in [0.15, 0.2) is 60.9 Å². The first-order valence-electron chi connectivity index (χ1n) is 13.1. The normalized spacial score (nSPS) is 15.1. The van der Waals surface area contributed by atoms with E-state index in [-0.39, 0.29) is 5.91 Å². The van der Waals surface area contributed by atoms with Gasteiger partial charge in [0.25, 0.3) is 5.91 Å². The lowest BCUT2D eigenvalue weighted by Gasteiger charge is -2.18. The summed E-state index contributed by atoms with van der Waals surface area (Å²) in [5, 5.41) is 14.9. The zero-order valence-electron chi connectivity index (χ0n) is 21.3. The number of halogens is 1. The van der Waals surface area contributed by atoms with E-state index >= 15 is 0 Å². The second-order valence-electron chi connectivity index (χ2n) is 10.2.